The van der Waals surface area contributed by atoms with Gasteiger partial charge in [-0.1, -0.05) is 0 Å². The summed E-state index contributed by atoms with van der Waals surface area (Å²) in [5.41, 5.74) is 1.28. The average molecular weight is 405 g/mol. The van der Waals surface area contributed by atoms with E-state index < -0.39 is 4.92 Å². The highest BCUT2D eigenvalue weighted by Crippen LogP contribution is 2.21. The molecule has 1 aliphatic rings. The summed E-state index contributed by atoms with van der Waals surface area (Å²) in [6.45, 7) is 11.6. The maximum absolute atomic E-state index is 12.2. The molecule has 160 valence electrons. The van der Waals surface area contributed by atoms with Crippen molar-refractivity contribution in [2.75, 3.05) is 57.7 Å². The van der Waals surface area contributed by atoms with Gasteiger partial charge < -0.3 is 15.1 Å². The Hall–Kier alpha value is -2.52. The van der Waals surface area contributed by atoms with Gasteiger partial charge in [-0.15, -0.1) is 0 Å². The van der Waals surface area contributed by atoms with E-state index in [2.05, 4.69) is 15.1 Å². The van der Waals surface area contributed by atoms with Crippen LogP contribution in [0.15, 0.2) is 18.2 Å². The third-order valence-electron chi connectivity index (χ3n) is 5.29. The minimum Gasteiger partial charge on any atom is -0.342 e. The third kappa shape index (κ3) is 6.79. The fourth-order valence-corrected chi connectivity index (χ4v) is 3.41. The van der Waals surface area contributed by atoms with E-state index in [4.69, 9.17) is 0 Å². The van der Waals surface area contributed by atoms with Crippen LogP contribution in [0, 0.1) is 17.0 Å². The van der Waals surface area contributed by atoms with Crippen LogP contribution >= 0.6 is 0 Å². The normalized spacial score (nSPS) is 15.1. The van der Waals surface area contributed by atoms with Crippen LogP contribution in [-0.2, 0) is 9.59 Å². The van der Waals surface area contributed by atoms with Crippen LogP contribution in [0.4, 0.5) is 11.4 Å². The van der Waals surface area contributed by atoms with Crippen LogP contribution in [0.1, 0.15) is 25.8 Å². The van der Waals surface area contributed by atoms with E-state index >= 15 is 0 Å². The fraction of sp³-hybridized carbons (Fsp3) is 0.600. The zero-order valence-electron chi connectivity index (χ0n) is 17.5. The highest BCUT2D eigenvalue weighted by Gasteiger charge is 2.21. The number of non-ortho nitro benzene ring substituents is 1. The number of likely N-dealkylation sites (N-methyl/N-ethyl adjacent to an activating group) is 1. The highest BCUT2D eigenvalue weighted by molar-refractivity contribution is 5.91. The van der Waals surface area contributed by atoms with Gasteiger partial charge in [-0.2, -0.15) is 0 Å². The third-order valence-corrected chi connectivity index (χ3v) is 5.29. The Morgan fingerprint density at radius 1 is 1.14 bits per heavy atom. The highest BCUT2D eigenvalue weighted by atomic mass is 16.6. The summed E-state index contributed by atoms with van der Waals surface area (Å²) in [7, 11) is 0. The number of hydrogen-bond acceptors (Lipinski definition) is 6. The van der Waals surface area contributed by atoms with Gasteiger partial charge in [0.25, 0.3) is 5.69 Å². The number of nitrogens with one attached hydrogen (secondary N) is 1. The first-order valence-electron chi connectivity index (χ1n) is 10.1. The van der Waals surface area contributed by atoms with Crippen molar-refractivity contribution in [3.8, 4) is 0 Å². The predicted molar refractivity (Wildman–Crippen MR) is 112 cm³/mol. The van der Waals surface area contributed by atoms with Crippen molar-refractivity contribution in [2.45, 2.75) is 27.2 Å². The van der Waals surface area contributed by atoms with Crippen molar-refractivity contribution in [3.05, 3.63) is 33.9 Å². The van der Waals surface area contributed by atoms with Crippen LogP contribution in [0.3, 0.4) is 0 Å². The number of anilines is 1. The molecule has 1 aromatic carbocycles. The van der Waals surface area contributed by atoms with Gasteiger partial charge in [0.2, 0.25) is 11.8 Å². The van der Waals surface area contributed by atoms with Crippen molar-refractivity contribution in [1.29, 1.82) is 0 Å². The first-order chi connectivity index (χ1) is 13.8. The van der Waals surface area contributed by atoms with Gasteiger partial charge in [0.15, 0.2) is 0 Å². The van der Waals surface area contributed by atoms with Crippen molar-refractivity contribution in [3.63, 3.8) is 0 Å². The van der Waals surface area contributed by atoms with E-state index in [1.165, 1.54) is 12.1 Å². The Morgan fingerprint density at radius 3 is 2.31 bits per heavy atom. The predicted octanol–water partition coefficient (Wildman–Crippen LogP) is 1.72. The van der Waals surface area contributed by atoms with E-state index in [0.717, 1.165) is 39.3 Å². The van der Waals surface area contributed by atoms with Gasteiger partial charge in [0.05, 0.1) is 11.5 Å². The Balaban J connectivity index is 1.73. The lowest BCUT2D eigenvalue weighted by molar-refractivity contribution is -0.384. The van der Waals surface area contributed by atoms with Gasteiger partial charge in [0.1, 0.15) is 0 Å². The van der Waals surface area contributed by atoms with Crippen LogP contribution in [0.2, 0.25) is 0 Å². The molecule has 1 fully saturated rings. The summed E-state index contributed by atoms with van der Waals surface area (Å²) in [6.07, 6.45) is 0.356. The minimum atomic E-state index is -0.451. The SMILES string of the molecule is CCN(CC)C(=O)CN1CCN(CCC(=O)Nc2ccc([N+](=O)[O-])cc2C)CC1. The van der Waals surface area contributed by atoms with Crippen LogP contribution in [-0.4, -0.2) is 83.8 Å². The van der Waals surface area contributed by atoms with E-state index in [9.17, 15) is 19.7 Å². The molecule has 9 heteroatoms. The number of aryl methyl sites for hydroxylation is 1. The Kier molecular flexibility index (Phi) is 8.53. The van der Waals surface area contributed by atoms with E-state index in [1.54, 1.807) is 13.0 Å². The molecule has 0 bridgehead atoms. The molecule has 1 N–H and O–H groups in total. The van der Waals surface area contributed by atoms with Gasteiger partial charge in [-0.25, -0.2) is 0 Å². The van der Waals surface area contributed by atoms with Crippen LogP contribution < -0.4 is 5.32 Å². The molecule has 0 saturated carbocycles. The maximum Gasteiger partial charge on any atom is 0.269 e. The molecule has 9 nitrogen and oxygen atoms in total. The van der Waals surface area contributed by atoms with Gasteiger partial charge in [0, 0.05) is 70.1 Å². The number of nitrogens with zero attached hydrogens (tertiary/aromatic N) is 4. The quantitative estimate of drug-likeness (QED) is 0.496. The molecule has 29 heavy (non-hydrogen) atoms. The lowest BCUT2D eigenvalue weighted by atomic mass is 10.1. The molecule has 0 aliphatic carbocycles. The molecule has 0 atom stereocenters. The monoisotopic (exact) mass is 405 g/mol. The number of benzene rings is 1. The van der Waals surface area contributed by atoms with Crippen molar-refractivity contribution >= 4 is 23.2 Å². The van der Waals surface area contributed by atoms with Gasteiger partial charge in [-0.3, -0.25) is 24.6 Å². The Bertz CT molecular complexity index is 728. The Labute approximate surface area is 171 Å². The minimum absolute atomic E-state index is 0.0119. The number of amides is 2. The molecular formula is C20H31N5O4. The number of carbonyl (C=O) groups is 2. The molecule has 2 rings (SSSR count). The molecule has 0 radical (unpaired) electrons. The molecule has 1 aromatic rings. The van der Waals surface area contributed by atoms with E-state index in [1.807, 2.05) is 18.7 Å². The molecule has 0 aromatic heterocycles. The van der Waals surface area contributed by atoms with Gasteiger partial charge in [-0.05, 0) is 32.4 Å². The topological polar surface area (TPSA) is 99.0 Å². The number of rotatable bonds is 9. The summed E-state index contributed by atoms with van der Waals surface area (Å²) >= 11 is 0. The van der Waals surface area contributed by atoms with Crippen molar-refractivity contribution < 1.29 is 14.5 Å². The van der Waals surface area contributed by atoms with Crippen LogP contribution in [0.5, 0.6) is 0 Å². The van der Waals surface area contributed by atoms with E-state index in [0.29, 0.717) is 30.8 Å². The molecule has 1 heterocycles. The lowest BCUT2D eigenvalue weighted by Gasteiger charge is -2.35. The second-order valence-electron chi connectivity index (χ2n) is 7.24. The number of piperazine rings is 1. The van der Waals surface area contributed by atoms with E-state index in [-0.39, 0.29) is 17.5 Å². The number of carbonyl (C=O) groups excluding carboxylic acids is 2. The second-order valence-corrected chi connectivity index (χ2v) is 7.24. The summed E-state index contributed by atoms with van der Waals surface area (Å²) in [6, 6.07) is 4.41. The van der Waals surface area contributed by atoms with Crippen LogP contribution in [0.25, 0.3) is 0 Å². The molecule has 1 saturated heterocycles. The first kappa shape index (κ1) is 22.8. The number of nitro groups is 1. The smallest absolute Gasteiger partial charge is 0.269 e. The zero-order chi connectivity index (χ0) is 21.4. The van der Waals surface area contributed by atoms with Crippen molar-refractivity contribution in [2.24, 2.45) is 0 Å². The standard InChI is InChI=1S/C20H31N5O4/c1-4-24(5-2)20(27)15-23-12-10-22(11-13-23)9-8-19(26)21-18-7-6-17(25(28)29)14-16(18)3/h6-7,14H,4-5,8-13,15H2,1-3H3,(H,21,26). The van der Waals surface area contributed by atoms with Crippen molar-refractivity contribution in [1.82, 2.24) is 14.7 Å². The molecular weight excluding hydrogens is 374 g/mol. The molecule has 2 amide bonds. The maximum atomic E-state index is 12.2. The second kappa shape index (κ2) is 10.9. The largest absolute Gasteiger partial charge is 0.342 e. The summed E-state index contributed by atoms with van der Waals surface area (Å²) in [5, 5.41) is 13.6. The van der Waals surface area contributed by atoms with Gasteiger partial charge >= 0.3 is 0 Å². The molecule has 0 spiro atoms. The molecule has 0 unspecified atom stereocenters. The molecule has 1 aliphatic heterocycles. The summed E-state index contributed by atoms with van der Waals surface area (Å²) in [5.74, 6) is 0.0578. The zero-order valence-corrected chi connectivity index (χ0v) is 17.5. The first-order valence-corrected chi connectivity index (χ1v) is 10.1. The Morgan fingerprint density at radius 2 is 1.76 bits per heavy atom. The lowest BCUT2D eigenvalue weighted by Crippen LogP contribution is -2.50. The number of hydrogen-bond donors (Lipinski definition) is 1. The average Bonchev–Trinajstić information content (AvgIpc) is 2.69. The fourth-order valence-electron chi connectivity index (χ4n) is 3.41. The number of nitro benzene ring substituents is 1. The summed E-state index contributed by atoms with van der Waals surface area (Å²) < 4.78 is 0. The summed E-state index contributed by atoms with van der Waals surface area (Å²) in [4.78, 5) is 41.0.